The summed E-state index contributed by atoms with van der Waals surface area (Å²) in [5.41, 5.74) is -0.339. The number of nitrogens with zero attached hydrogens (tertiary/aromatic N) is 3. The molecule has 3 aliphatic rings. The Morgan fingerprint density at radius 2 is 2.07 bits per heavy atom. The lowest BCUT2D eigenvalue weighted by Gasteiger charge is -2.47. The van der Waals surface area contributed by atoms with Crippen LogP contribution in [-0.2, 0) is 9.53 Å². The normalized spacial score (nSPS) is 24.8. The lowest BCUT2D eigenvalue weighted by atomic mass is 9.72. The summed E-state index contributed by atoms with van der Waals surface area (Å²) in [5.74, 6) is -2.06. The van der Waals surface area contributed by atoms with E-state index in [1.165, 1.54) is 0 Å². The first-order valence-corrected chi connectivity index (χ1v) is 9.95. The van der Waals surface area contributed by atoms with Gasteiger partial charge in [-0.15, -0.1) is 0 Å². The van der Waals surface area contributed by atoms with Crippen LogP contribution in [0.5, 0.6) is 0 Å². The van der Waals surface area contributed by atoms with Crippen LogP contribution in [0.4, 0.5) is 8.78 Å². The van der Waals surface area contributed by atoms with Crippen molar-refractivity contribution in [3.05, 3.63) is 29.6 Å². The molecule has 0 unspecified atom stereocenters. The second-order valence-electron chi connectivity index (χ2n) is 8.19. The molecule has 0 aliphatic carbocycles. The average Bonchev–Trinajstić information content (AvgIpc) is 3.18. The summed E-state index contributed by atoms with van der Waals surface area (Å²) in [7, 11) is 0. The van der Waals surface area contributed by atoms with Crippen molar-refractivity contribution in [3.8, 4) is 0 Å². The Morgan fingerprint density at radius 3 is 2.75 bits per heavy atom. The van der Waals surface area contributed by atoms with Gasteiger partial charge in [-0.2, -0.15) is 0 Å². The predicted octanol–water partition coefficient (Wildman–Crippen LogP) is 2.38. The molecular formula is C20H25F2N3O3. The van der Waals surface area contributed by atoms with Crippen molar-refractivity contribution in [2.24, 2.45) is 5.41 Å². The monoisotopic (exact) mass is 393 g/mol. The number of rotatable bonds is 3. The van der Waals surface area contributed by atoms with Crippen molar-refractivity contribution in [1.82, 2.24) is 14.8 Å². The summed E-state index contributed by atoms with van der Waals surface area (Å²) in [5, 5.41) is 0. The lowest BCUT2D eigenvalue weighted by Crippen LogP contribution is -2.53. The first-order valence-electron chi connectivity index (χ1n) is 9.95. The Kier molecular flexibility index (Phi) is 5.31. The van der Waals surface area contributed by atoms with Gasteiger partial charge in [0.15, 0.2) is 11.5 Å². The minimum atomic E-state index is -0.934. The molecule has 8 heteroatoms. The van der Waals surface area contributed by atoms with Gasteiger partial charge < -0.3 is 14.5 Å². The van der Waals surface area contributed by atoms with Crippen LogP contribution in [0.3, 0.4) is 0 Å². The molecule has 152 valence electrons. The number of ether oxygens (including phenoxy) is 1. The molecule has 3 fully saturated rings. The number of amides is 2. The zero-order chi connectivity index (χ0) is 19.7. The Morgan fingerprint density at radius 1 is 1.29 bits per heavy atom. The smallest absolute Gasteiger partial charge is 0.275 e. The minimum absolute atomic E-state index is 0.00192. The van der Waals surface area contributed by atoms with Gasteiger partial charge in [-0.05, 0) is 37.5 Å². The maximum absolute atomic E-state index is 13.9. The average molecular weight is 393 g/mol. The maximum atomic E-state index is 13.9. The van der Waals surface area contributed by atoms with E-state index >= 15 is 0 Å². The number of hydrogen-bond donors (Lipinski definition) is 0. The summed E-state index contributed by atoms with van der Waals surface area (Å²) < 4.78 is 32.6. The molecule has 1 spiro atoms. The van der Waals surface area contributed by atoms with Crippen LogP contribution < -0.4 is 0 Å². The third-order valence-corrected chi connectivity index (χ3v) is 6.32. The summed E-state index contributed by atoms with van der Waals surface area (Å²) in [6, 6.07) is 0.682. The molecule has 6 nitrogen and oxygen atoms in total. The first kappa shape index (κ1) is 19.2. The SMILES string of the molecule is O=C1CCC2(CCN(C(=O)c3ncc(F)cc3F)CC2)CN1C[C@@H]1CCCO1. The van der Waals surface area contributed by atoms with Gasteiger partial charge in [-0.3, -0.25) is 9.59 Å². The molecule has 28 heavy (non-hydrogen) atoms. The molecule has 4 heterocycles. The molecule has 1 aromatic rings. The summed E-state index contributed by atoms with van der Waals surface area (Å²) >= 11 is 0. The third kappa shape index (κ3) is 3.87. The summed E-state index contributed by atoms with van der Waals surface area (Å²) in [6.07, 6.45) is 5.89. The van der Waals surface area contributed by atoms with Crippen LogP contribution in [0.1, 0.15) is 49.0 Å². The highest BCUT2D eigenvalue weighted by Crippen LogP contribution is 2.40. The second kappa shape index (κ2) is 7.73. The molecule has 0 radical (unpaired) electrons. The van der Waals surface area contributed by atoms with Crippen LogP contribution in [0.15, 0.2) is 12.3 Å². The van der Waals surface area contributed by atoms with Crippen molar-refractivity contribution in [3.63, 3.8) is 0 Å². The zero-order valence-electron chi connectivity index (χ0n) is 15.8. The highest BCUT2D eigenvalue weighted by Gasteiger charge is 2.42. The van der Waals surface area contributed by atoms with Crippen LogP contribution in [-0.4, -0.2) is 65.5 Å². The van der Waals surface area contributed by atoms with E-state index < -0.39 is 17.5 Å². The Labute approximate surface area is 162 Å². The summed E-state index contributed by atoms with van der Waals surface area (Å²) in [4.78, 5) is 32.1. The molecule has 0 saturated carbocycles. The minimum Gasteiger partial charge on any atom is -0.376 e. The number of likely N-dealkylation sites (tertiary alicyclic amines) is 2. The van der Waals surface area contributed by atoms with Gasteiger partial charge in [-0.1, -0.05) is 0 Å². The highest BCUT2D eigenvalue weighted by molar-refractivity contribution is 5.92. The molecule has 0 bridgehead atoms. The van der Waals surface area contributed by atoms with E-state index in [4.69, 9.17) is 4.74 Å². The number of hydrogen-bond acceptors (Lipinski definition) is 4. The number of halogens is 2. The van der Waals surface area contributed by atoms with Crippen molar-refractivity contribution in [2.75, 3.05) is 32.8 Å². The maximum Gasteiger partial charge on any atom is 0.275 e. The molecule has 1 atom stereocenters. The molecular weight excluding hydrogens is 368 g/mol. The third-order valence-electron chi connectivity index (χ3n) is 6.32. The number of carbonyl (C=O) groups is 2. The fourth-order valence-electron chi connectivity index (χ4n) is 4.62. The van der Waals surface area contributed by atoms with Gasteiger partial charge in [-0.25, -0.2) is 13.8 Å². The zero-order valence-corrected chi connectivity index (χ0v) is 15.8. The molecule has 3 saturated heterocycles. The van der Waals surface area contributed by atoms with Gasteiger partial charge in [0.1, 0.15) is 5.82 Å². The van der Waals surface area contributed by atoms with Gasteiger partial charge in [0.25, 0.3) is 5.91 Å². The van der Waals surface area contributed by atoms with E-state index in [-0.39, 0.29) is 23.1 Å². The fourth-order valence-corrected chi connectivity index (χ4v) is 4.62. The van der Waals surface area contributed by atoms with Gasteiger partial charge in [0.2, 0.25) is 5.91 Å². The number of pyridine rings is 1. The molecule has 3 aliphatic heterocycles. The topological polar surface area (TPSA) is 62.7 Å². The fraction of sp³-hybridized carbons (Fsp3) is 0.650. The van der Waals surface area contributed by atoms with Crippen molar-refractivity contribution < 1.29 is 23.1 Å². The van der Waals surface area contributed by atoms with Gasteiger partial charge in [0, 0.05) is 45.3 Å². The van der Waals surface area contributed by atoms with Crippen molar-refractivity contribution in [2.45, 2.75) is 44.6 Å². The number of aromatic nitrogens is 1. The quantitative estimate of drug-likeness (QED) is 0.791. The van der Waals surface area contributed by atoms with E-state index in [9.17, 15) is 18.4 Å². The predicted molar refractivity (Wildman–Crippen MR) is 96.5 cm³/mol. The molecule has 0 N–H and O–H groups in total. The number of carbonyl (C=O) groups excluding carboxylic acids is 2. The van der Waals surface area contributed by atoms with E-state index in [0.717, 1.165) is 44.9 Å². The van der Waals surface area contributed by atoms with Crippen LogP contribution >= 0.6 is 0 Å². The molecule has 2 amide bonds. The van der Waals surface area contributed by atoms with E-state index in [1.54, 1.807) is 4.90 Å². The standard InChI is InChI=1S/C20H25F2N3O3/c21-14-10-16(22)18(23-11-14)19(27)24-7-5-20(6-8-24)4-3-17(26)25(13-20)12-15-2-1-9-28-15/h10-11,15H,1-9,12-13H2/t15-/m0/s1. The highest BCUT2D eigenvalue weighted by atomic mass is 19.1. The Bertz CT molecular complexity index is 759. The summed E-state index contributed by atoms with van der Waals surface area (Å²) in [6.45, 7) is 3.08. The Balaban J connectivity index is 1.38. The van der Waals surface area contributed by atoms with E-state index in [0.29, 0.717) is 38.7 Å². The molecule has 4 rings (SSSR count). The first-order chi connectivity index (χ1) is 13.5. The molecule has 1 aromatic heterocycles. The van der Waals surface area contributed by atoms with Crippen LogP contribution in [0, 0.1) is 17.0 Å². The second-order valence-corrected chi connectivity index (χ2v) is 8.19. The lowest BCUT2D eigenvalue weighted by molar-refractivity contribution is -0.141. The van der Waals surface area contributed by atoms with Crippen LogP contribution in [0.25, 0.3) is 0 Å². The van der Waals surface area contributed by atoms with Gasteiger partial charge >= 0.3 is 0 Å². The molecule has 0 aromatic carbocycles. The van der Waals surface area contributed by atoms with Gasteiger partial charge in [0.05, 0.1) is 12.3 Å². The van der Waals surface area contributed by atoms with E-state index in [2.05, 4.69) is 4.98 Å². The number of piperidine rings is 2. The van der Waals surface area contributed by atoms with E-state index in [1.807, 2.05) is 4.90 Å². The van der Waals surface area contributed by atoms with Crippen molar-refractivity contribution >= 4 is 11.8 Å². The Hall–Kier alpha value is -2.09. The largest absolute Gasteiger partial charge is 0.376 e. The van der Waals surface area contributed by atoms with Crippen LogP contribution in [0.2, 0.25) is 0 Å². The van der Waals surface area contributed by atoms with Crippen molar-refractivity contribution in [1.29, 1.82) is 0 Å².